The Morgan fingerprint density at radius 3 is 1.20 bits per heavy atom. The Balaban J connectivity index is 2.01. The normalized spacial score (nSPS) is 13.5. The van der Waals surface area contributed by atoms with Gasteiger partial charge in [-0.25, -0.2) is 15.0 Å². The Hall–Kier alpha value is -3.47. The molecule has 0 amide bonds. The molecule has 3 rings (SSSR count). The van der Waals surface area contributed by atoms with E-state index in [1.165, 1.54) is 0 Å². The minimum Gasteiger partial charge on any atom is -0.507 e. The molecule has 0 aliphatic carbocycles. The van der Waals surface area contributed by atoms with E-state index in [0.717, 1.165) is 22.3 Å². The molecule has 5 heteroatoms. The van der Waals surface area contributed by atoms with Gasteiger partial charge in [0.1, 0.15) is 11.5 Å². The summed E-state index contributed by atoms with van der Waals surface area (Å²) >= 11 is 0. The van der Waals surface area contributed by atoms with E-state index in [9.17, 15) is 10.2 Å². The summed E-state index contributed by atoms with van der Waals surface area (Å²) in [6.07, 6.45) is 3.34. The molecular formula is C35H47N3O2. The first kappa shape index (κ1) is 31.1. The molecule has 0 atom stereocenters. The van der Waals surface area contributed by atoms with Crippen molar-refractivity contribution < 1.29 is 10.2 Å². The fraction of sp³-hybridized carbons (Fsp3) is 0.457. The third-order valence-corrected chi connectivity index (χ3v) is 7.02. The van der Waals surface area contributed by atoms with Gasteiger partial charge in [-0.3, -0.25) is 0 Å². The van der Waals surface area contributed by atoms with Crippen LogP contribution in [0.15, 0.2) is 52.4 Å². The second kappa shape index (κ2) is 10.8. The summed E-state index contributed by atoms with van der Waals surface area (Å²) in [5, 5.41) is 22.2. The van der Waals surface area contributed by atoms with E-state index in [1.807, 2.05) is 18.2 Å². The molecule has 1 heterocycles. The minimum atomic E-state index is -0.219. The topological polar surface area (TPSA) is 78.1 Å². The van der Waals surface area contributed by atoms with Gasteiger partial charge >= 0.3 is 0 Å². The maximum Gasteiger partial charge on any atom is 0.154 e. The highest BCUT2D eigenvalue weighted by Crippen LogP contribution is 2.38. The van der Waals surface area contributed by atoms with Crippen molar-refractivity contribution in [2.45, 2.75) is 105 Å². The molecule has 2 N–H and O–H groups in total. The van der Waals surface area contributed by atoms with Crippen molar-refractivity contribution in [3.63, 3.8) is 0 Å². The number of rotatable bonds is 4. The zero-order chi connectivity index (χ0) is 30.3. The fourth-order valence-electron chi connectivity index (χ4n) is 4.35. The van der Waals surface area contributed by atoms with E-state index in [4.69, 9.17) is 0 Å². The molecule has 3 aromatic rings. The molecular weight excluding hydrogens is 494 g/mol. The molecule has 0 aliphatic heterocycles. The van der Waals surface area contributed by atoms with Crippen LogP contribution in [-0.4, -0.2) is 27.6 Å². The molecule has 214 valence electrons. The standard InChI is InChI=1S/C35H47N3O2/c1-32(2,3)24-16-22(30(39)26(18-24)34(7,8)9)20-36-28-14-13-15-29(38-28)37-21-23-17-25(33(4,5)6)19-27(31(23)40)35(10,11)12/h13-21,39-40H,1-12H3/b36-20+,37-21+. The molecule has 0 spiro atoms. The third-order valence-electron chi connectivity index (χ3n) is 7.02. The Morgan fingerprint density at radius 2 is 0.900 bits per heavy atom. The summed E-state index contributed by atoms with van der Waals surface area (Å²) in [5.41, 5.74) is 4.77. The van der Waals surface area contributed by atoms with E-state index >= 15 is 0 Å². The molecule has 1 aromatic heterocycles. The first-order valence-corrected chi connectivity index (χ1v) is 14.0. The maximum atomic E-state index is 11.1. The highest BCUT2D eigenvalue weighted by molar-refractivity contribution is 5.87. The van der Waals surface area contributed by atoms with E-state index in [1.54, 1.807) is 24.6 Å². The molecule has 5 nitrogen and oxygen atoms in total. The van der Waals surface area contributed by atoms with Crippen LogP contribution in [0.25, 0.3) is 0 Å². The van der Waals surface area contributed by atoms with Gasteiger partial charge in [-0.05, 0) is 57.1 Å². The molecule has 0 fully saturated rings. The summed E-state index contributed by atoms with van der Waals surface area (Å²) < 4.78 is 0. The van der Waals surface area contributed by atoms with Crippen LogP contribution in [0.3, 0.4) is 0 Å². The number of phenolic OH excluding ortho intramolecular Hbond substituents is 2. The zero-order valence-corrected chi connectivity index (χ0v) is 26.4. The second-order valence-corrected chi connectivity index (χ2v) is 14.8. The van der Waals surface area contributed by atoms with Crippen molar-refractivity contribution in [1.29, 1.82) is 0 Å². The number of pyridine rings is 1. The van der Waals surface area contributed by atoms with E-state index in [2.05, 4.69) is 110 Å². The van der Waals surface area contributed by atoms with Crippen LogP contribution in [0.4, 0.5) is 11.6 Å². The van der Waals surface area contributed by atoms with Crippen LogP contribution < -0.4 is 0 Å². The van der Waals surface area contributed by atoms with Crippen molar-refractivity contribution in [3.05, 3.63) is 75.8 Å². The van der Waals surface area contributed by atoms with Crippen LogP contribution in [0, 0.1) is 0 Å². The van der Waals surface area contributed by atoms with E-state index in [0.29, 0.717) is 22.8 Å². The third kappa shape index (κ3) is 7.38. The fourth-order valence-corrected chi connectivity index (χ4v) is 4.35. The SMILES string of the molecule is CC(C)(C)c1cc(/C=N/c2cccc(/N=C/c3cc(C(C)(C)C)cc(C(C)(C)C)c3O)n2)c(O)c(C(C)(C)C)c1. The van der Waals surface area contributed by atoms with Crippen LogP contribution in [-0.2, 0) is 21.7 Å². The van der Waals surface area contributed by atoms with Crippen molar-refractivity contribution in [3.8, 4) is 11.5 Å². The Kier molecular flexibility index (Phi) is 8.41. The molecule has 0 aliphatic rings. The average Bonchev–Trinajstić information content (AvgIpc) is 2.80. The number of aliphatic imine (C=N–C) groups is 2. The summed E-state index contributed by atoms with van der Waals surface area (Å²) in [5.74, 6) is 1.44. The molecule has 0 radical (unpaired) electrons. The van der Waals surface area contributed by atoms with Crippen LogP contribution in [0.1, 0.15) is 116 Å². The van der Waals surface area contributed by atoms with Gasteiger partial charge < -0.3 is 10.2 Å². The van der Waals surface area contributed by atoms with Crippen molar-refractivity contribution >= 4 is 24.1 Å². The predicted molar refractivity (Wildman–Crippen MR) is 170 cm³/mol. The van der Waals surface area contributed by atoms with Gasteiger partial charge in [0.15, 0.2) is 11.6 Å². The van der Waals surface area contributed by atoms with Crippen molar-refractivity contribution in [2.24, 2.45) is 9.98 Å². The number of benzene rings is 2. The minimum absolute atomic E-state index is 0.0775. The van der Waals surface area contributed by atoms with Gasteiger partial charge in [0, 0.05) is 34.7 Å². The summed E-state index contributed by atoms with van der Waals surface area (Å²) in [4.78, 5) is 13.8. The van der Waals surface area contributed by atoms with Crippen LogP contribution in [0.2, 0.25) is 0 Å². The largest absolute Gasteiger partial charge is 0.507 e. The van der Waals surface area contributed by atoms with Crippen molar-refractivity contribution in [1.82, 2.24) is 4.98 Å². The second-order valence-electron chi connectivity index (χ2n) is 14.8. The summed E-state index contributed by atoms with van der Waals surface area (Å²) in [6, 6.07) is 13.6. The highest BCUT2D eigenvalue weighted by Gasteiger charge is 2.26. The smallest absolute Gasteiger partial charge is 0.154 e. The molecule has 2 aromatic carbocycles. The lowest BCUT2D eigenvalue weighted by molar-refractivity contribution is 0.443. The summed E-state index contributed by atoms with van der Waals surface area (Å²) in [7, 11) is 0. The highest BCUT2D eigenvalue weighted by atomic mass is 16.3. The van der Waals surface area contributed by atoms with Gasteiger partial charge in [0.25, 0.3) is 0 Å². The number of aromatic hydroxyl groups is 2. The van der Waals surface area contributed by atoms with Gasteiger partial charge in [0.05, 0.1) is 0 Å². The number of phenols is 2. The number of hydrogen-bond donors (Lipinski definition) is 2. The van der Waals surface area contributed by atoms with Gasteiger partial charge in [-0.2, -0.15) is 0 Å². The predicted octanol–water partition coefficient (Wildman–Crippen LogP) is 9.18. The molecule has 0 unspecified atom stereocenters. The van der Waals surface area contributed by atoms with Gasteiger partial charge in [0.2, 0.25) is 0 Å². The first-order valence-electron chi connectivity index (χ1n) is 14.0. The molecule has 0 saturated heterocycles. The Morgan fingerprint density at radius 1 is 0.550 bits per heavy atom. The lowest BCUT2D eigenvalue weighted by Crippen LogP contribution is -2.17. The lowest BCUT2D eigenvalue weighted by atomic mass is 9.79. The van der Waals surface area contributed by atoms with E-state index < -0.39 is 0 Å². The van der Waals surface area contributed by atoms with Crippen molar-refractivity contribution in [2.75, 3.05) is 0 Å². The Labute approximate surface area is 241 Å². The Bertz CT molecular complexity index is 1330. The molecule has 40 heavy (non-hydrogen) atoms. The first-order chi connectivity index (χ1) is 18.2. The van der Waals surface area contributed by atoms with Gasteiger partial charge in [-0.1, -0.05) is 101 Å². The monoisotopic (exact) mass is 541 g/mol. The molecule has 0 bridgehead atoms. The number of hydrogen-bond acceptors (Lipinski definition) is 5. The average molecular weight is 542 g/mol. The number of aromatic nitrogens is 1. The zero-order valence-electron chi connectivity index (χ0n) is 26.4. The van der Waals surface area contributed by atoms with E-state index in [-0.39, 0.29) is 33.2 Å². The quantitative estimate of drug-likeness (QED) is 0.323. The lowest BCUT2D eigenvalue weighted by Gasteiger charge is -2.26. The van der Waals surface area contributed by atoms with Crippen LogP contribution >= 0.6 is 0 Å². The molecule has 0 saturated carbocycles. The van der Waals surface area contributed by atoms with Gasteiger partial charge in [-0.15, -0.1) is 0 Å². The number of nitrogens with zero attached hydrogens (tertiary/aromatic N) is 3. The maximum absolute atomic E-state index is 11.1. The van der Waals surface area contributed by atoms with Crippen LogP contribution in [0.5, 0.6) is 11.5 Å². The summed E-state index contributed by atoms with van der Waals surface area (Å²) in [6.45, 7) is 25.5.